The molecule has 4 aromatic carbocycles. The van der Waals surface area contributed by atoms with Crippen molar-refractivity contribution >= 4 is 28.8 Å². The molecule has 0 aliphatic heterocycles. The third kappa shape index (κ3) is 2.81. The van der Waals surface area contributed by atoms with E-state index in [0.29, 0.717) is 10.4 Å². The van der Waals surface area contributed by atoms with Gasteiger partial charge in [-0.3, -0.25) is 0 Å². The first-order chi connectivity index (χ1) is 17.0. The average Bonchev–Trinajstić information content (AvgIpc) is 2.88. The van der Waals surface area contributed by atoms with E-state index in [1.54, 1.807) is 48.5 Å². The lowest BCUT2D eigenvalue weighted by Crippen LogP contribution is -2.74. The SMILES string of the molecule is [2H]c1c([2H])c([2H])c([Si](c2ccccc2)(c2cccc(C)c2)c2c([2H])c([2H])c([2H])c([2H])c2[2H])c([2H])c1[2H]. The van der Waals surface area contributed by atoms with Crippen molar-refractivity contribution in [2.75, 3.05) is 0 Å². The van der Waals surface area contributed by atoms with Crippen molar-refractivity contribution in [3.8, 4) is 0 Å². The van der Waals surface area contributed by atoms with Crippen LogP contribution in [-0.2, 0) is 0 Å². The Labute approximate surface area is 170 Å². The van der Waals surface area contributed by atoms with E-state index in [1.807, 2.05) is 13.0 Å². The van der Waals surface area contributed by atoms with Crippen molar-refractivity contribution in [1.29, 1.82) is 0 Å². The van der Waals surface area contributed by atoms with E-state index in [-0.39, 0.29) is 10.4 Å². The largest absolute Gasteiger partial charge is 0.179 e. The minimum atomic E-state index is -4.08. The van der Waals surface area contributed by atoms with Crippen molar-refractivity contribution in [2.24, 2.45) is 0 Å². The van der Waals surface area contributed by atoms with Crippen LogP contribution in [0.1, 0.15) is 19.3 Å². The molecule has 0 nitrogen and oxygen atoms in total. The number of rotatable bonds is 4. The molecule has 0 aliphatic carbocycles. The standard InChI is InChI=1S/C25H22Si/c1-21-12-11-19-25(20-21)26(22-13-5-2-6-14-22,23-15-7-3-8-16-23)24-17-9-4-10-18-24/h2-20H,1H3/i2D,3D,5D,6D,7D,8D,13D,14D,15D,16D. The Bertz CT molecular complexity index is 1370. The van der Waals surface area contributed by atoms with Gasteiger partial charge in [0.25, 0.3) is 0 Å². The van der Waals surface area contributed by atoms with E-state index in [4.69, 9.17) is 13.7 Å². The van der Waals surface area contributed by atoms with Gasteiger partial charge in [-0.05, 0) is 27.7 Å². The predicted octanol–water partition coefficient (Wildman–Crippen LogP) is 3.37. The molecule has 0 aromatic heterocycles. The molecule has 0 unspecified atom stereocenters. The molecule has 0 radical (unpaired) electrons. The van der Waals surface area contributed by atoms with E-state index >= 15 is 0 Å². The number of benzene rings is 4. The van der Waals surface area contributed by atoms with Crippen LogP contribution in [0.15, 0.2) is 115 Å². The molecule has 0 amide bonds. The summed E-state index contributed by atoms with van der Waals surface area (Å²) in [6.45, 7) is 1.84. The fraction of sp³-hybridized carbons (Fsp3) is 0.0400. The maximum absolute atomic E-state index is 8.89. The molecule has 0 atom stereocenters. The van der Waals surface area contributed by atoms with Crippen LogP contribution in [0.3, 0.4) is 0 Å². The molecule has 26 heavy (non-hydrogen) atoms. The van der Waals surface area contributed by atoms with Crippen molar-refractivity contribution < 1.29 is 13.7 Å². The quantitative estimate of drug-likeness (QED) is 0.387. The van der Waals surface area contributed by atoms with Crippen molar-refractivity contribution in [1.82, 2.24) is 0 Å². The van der Waals surface area contributed by atoms with Gasteiger partial charge in [-0.1, -0.05) is 121 Å². The van der Waals surface area contributed by atoms with Crippen molar-refractivity contribution in [3.05, 3.63) is 121 Å². The van der Waals surface area contributed by atoms with Gasteiger partial charge in [0.05, 0.1) is 13.7 Å². The zero-order valence-electron chi connectivity index (χ0n) is 24.2. The summed E-state index contributed by atoms with van der Waals surface area (Å²) in [6.07, 6.45) is 0. The molecule has 4 aromatic rings. The minimum Gasteiger partial charge on any atom is -0.0623 e. The first kappa shape index (κ1) is 8.66. The van der Waals surface area contributed by atoms with Gasteiger partial charge in [-0.15, -0.1) is 0 Å². The van der Waals surface area contributed by atoms with Gasteiger partial charge in [0, 0.05) is 0 Å². The molecule has 0 bridgehead atoms. The first-order valence-electron chi connectivity index (χ1n) is 13.2. The summed E-state index contributed by atoms with van der Waals surface area (Å²) in [6, 6.07) is 10.8. The van der Waals surface area contributed by atoms with Crippen LogP contribution in [-0.4, -0.2) is 8.07 Å². The van der Waals surface area contributed by atoms with Gasteiger partial charge in [0.1, 0.15) is 0 Å². The van der Waals surface area contributed by atoms with E-state index in [0.717, 1.165) is 5.56 Å². The number of hydrogen-bond acceptors (Lipinski definition) is 0. The predicted molar refractivity (Wildman–Crippen MR) is 115 cm³/mol. The van der Waals surface area contributed by atoms with Gasteiger partial charge >= 0.3 is 0 Å². The van der Waals surface area contributed by atoms with Crippen LogP contribution >= 0.6 is 0 Å². The van der Waals surface area contributed by atoms with E-state index < -0.39 is 68.5 Å². The zero-order chi connectivity index (χ0) is 26.5. The Morgan fingerprint density at radius 3 is 1.65 bits per heavy atom. The van der Waals surface area contributed by atoms with Crippen LogP contribution in [0, 0.1) is 6.92 Å². The second kappa shape index (κ2) is 7.15. The van der Waals surface area contributed by atoms with Gasteiger partial charge in [-0.2, -0.15) is 0 Å². The van der Waals surface area contributed by atoms with E-state index in [1.165, 1.54) is 0 Å². The van der Waals surface area contributed by atoms with Crippen molar-refractivity contribution in [2.45, 2.75) is 6.92 Å². The molecular formula is C25H22Si. The summed E-state index contributed by atoms with van der Waals surface area (Å²) >= 11 is 0. The van der Waals surface area contributed by atoms with Crippen LogP contribution < -0.4 is 20.7 Å². The Morgan fingerprint density at radius 1 is 0.577 bits per heavy atom. The van der Waals surface area contributed by atoms with Crippen molar-refractivity contribution in [3.63, 3.8) is 0 Å². The molecule has 0 spiro atoms. The molecule has 0 heterocycles. The molecule has 0 N–H and O–H groups in total. The topological polar surface area (TPSA) is 0 Å². The Morgan fingerprint density at radius 2 is 1.12 bits per heavy atom. The second-order valence-corrected chi connectivity index (χ2v) is 9.64. The molecular weight excluding hydrogens is 328 g/mol. The highest BCUT2D eigenvalue weighted by Crippen LogP contribution is 2.10. The molecule has 1 heteroatoms. The summed E-state index contributed by atoms with van der Waals surface area (Å²) in [5.74, 6) is 0. The maximum Gasteiger partial charge on any atom is 0.179 e. The van der Waals surface area contributed by atoms with Crippen LogP contribution in [0.2, 0.25) is 0 Å². The average molecular weight is 361 g/mol. The lowest BCUT2D eigenvalue weighted by Gasteiger charge is -2.34. The molecule has 4 rings (SSSR count). The first-order valence-corrected chi connectivity index (χ1v) is 10.2. The van der Waals surface area contributed by atoms with Gasteiger partial charge in [0.15, 0.2) is 8.07 Å². The Kier molecular flexibility index (Phi) is 2.38. The zero-order valence-corrected chi connectivity index (χ0v) is 15.2. The monoisotopic (exact) mass is 360 g/mol. The molecule has 126 valence electrons. The normalized spacial score (nSPS) is 16.7. The van der Waals surface area contributed by atoms with Crippen LogP contribution in [0.25, 0.3) is 0 Å². The smallest absolute Gasteiger partial charge is 0.0623 e. The maximum atomic E-state index is 8.89. The minimum absolute atomic E-state index is 0.0520. The van der Waals surface area contributed by atoms with Gasteiger partial charge < -0.3 is 0 Å². The van der Waals surface area contributed by atoms with Gasteiger partial charge in [-0.25, -0.2) is 0 Å². The lowest BCUT2D eigenvalue weighted by molar-refractivity contribution is 1.49. The van der Waals surface area contributed by atoms with Gasteiger partial charge in [0.2, 0.25) is 0 Å². The second-order valence-electron chi connectivity index (χ2n) is 5.99. The van der Waals surface area contributed by atoms with E-state index in [2.05, 4.69) is 0 Å². The fourth-order valence-corrected chi connectivity index (χ4v) is 7.53. The lowest BCUT2D eigenvalue weighted by atomic mass is 10.2. The Balaban J connectivity index is 2.42. The highest BCUT2D eigenvalue weighted by molar-refractivity contribution is 7.19. The summed E-state index contributed by atoms with van der Waals surface area (Å²) < 4.78 is 85.4. The summed E-state index contributed by atoms with van der Waals surface area (Å²) in [5, 5.41) is 0.978. The summed E-state index contributed by atoms with van der Waals surface area (Å²) in [4.78, 5) is 0. The highest BCUT2D eigenvalue weighted by Gasteiger charge is 2.41. The summed E-state index contributed by atoms with van der Waals surface area (Å²) in [5.41, 5.74) is 0.819. The Hall–Kier alpha value is -2.90. The molecule has 0 saturated heterocycles. The molecule has 0 aliphatic rings. The molecule has 0 saturated carbocycles. The number of aryl methyl sites for hydroxylation is 1. The highest BCUT2D eigenvalue weighted by atomic mass is 28.3. The van der Waals surface area contributed by atoms with E-state index in [9.17, 15) is 0 Å². The van der Waals surface area contributed by atoms with Crippen LogP contribution in [0.4, 0.5) is 0 Å². The van der Waals surface area contributed by atoms with Crippen LogP contribution in [0.5, 0.6) is 0 Å². The molecule has 0 fully saturated rings. The fourth-order valence-electron chi connectivity index (χ4n) is 3.31. The third-order valence-corrected chi connectivity index (χ3v) is 8.78. The number of hydrogen-bond donors (Lipinski definition) is 0. The summed E-state index contributed by atoms with van der Waals surface area (Å²) in [7, 11) is -4.08. The third-order valence-electron chi connectivity index (χ3n) is 4.41.